The van der Waals surface area contributed by atoms with Gasteiger partial charge in [-0.2, -0.15) is 0 Å². The van der Waals surface area contributed by atoms with Crippen molar-refractivity contribution in [2.45, 2.75) is 29.7 Å². The normalized spacial score (nSPS) is 15.6. The fourth-order valence-electron chi connectivity index (χ4n) is 2.73. The average molecular weight is 336 g/mol. The standard InChI is InChI=1S/C16H21N3O3S/c1-20-13-4-3-11(9-14(13)21-2)10-23-16-19-18-15(22-16)12-5-7-17-8-6-12/h3-4,9,12,17H,5-8,10H2,1-2H3/p+1. The Morgan fingerprint density at radius 2 is 1.96 bits per heavy atom. The van der Waals surface area contributed by atoms with Crippen molar-refractivity contribution >= 4 is 11.8 Å². The molecule has 1 aromatic heterocycles. The molecule has 0 unspecified atom stereocenters. The largest absolute Gasteiger partial charge is 0.493 e. The number of thioether (sulfide) groups is 1. The number of hydrogen-bond acceptors (Lipinski definition) is 6. The van der Waals surface area contributed by atoms with Crippen LogP contribution in [-0.4, -0.2) is 37.5 Å². The van der Waals surface area contributed by atoms with Crippen molar-refractivity contribution in [3.63, 3.8) is 0 Å². The first-order valence-electron chi connectivity index (χ1n) is 7.79. The molecule has 6 nitrogen and oxygen atoms in total. The summed E-state index contributed by atoms with van der Waals surface area (Å²) in [4.78, 5) is 0. The van der Waals surface area contributed by atoms with Crippen molar-refractivity contribution in [2.75, 3.05) is 27.3 Å². The molecule has 1 fully saturated rings. The maximum absolute atomic E-state index is 5.82. The van der Waals surface area contributed by atoms with Crippen LogP contribution in [0.1, 0.15) is 30.2 Å². The van der Waals surface area contributed by atoms with Crippen molar-refractivity contribution in [3.05, 3.63) is 29.7 Å². The highest BCUT2D eigenvalue weighted by molar-refractivity contribution is 7.98. The summed E-state index contributed by atoms with van der Waals surface area (Å²) in [7, 11) is 3.27. The first-order valence-corrected chi connectivity index (χ1v) is 8.77. The molecule has 0 spiro atoms. The molecule has 2 aromatic rings. The summed E-state index contributed by atoms with van der Waals surface area (Å²) in [6.07, 6.45) is 2.23. The van der Waals surface area contributed by atoms with Gasteiger partial charge in [-0.25, -0.2) is 0 Å². The van der Waals surface area contributed by atoms with Gasteiger partial charge in [0.25, 0.3) is 5.22 Å². The topological polar surface area (TPSA) is 74.0 Å². The summed E-state index contributed by atoms with van der Waals surface area (Å²) >= 11 is 1.55. The smallest absolute Gasteiger partial charge is 0.276 e. The third-order valence-electron chi connectivity index (χ3n) is 4.02. The molecule has 1 aliphatic heterocycles. The van der Waals surface area contributed by atoms with Crippen LogP contribution in [0.4, 0.5) is 0 Å². The number of methoxy groups -OCH3 is 2. The minimum absolute atomic E-state index is 0.419. The molecule has 1 aliphatic rings. The Balaban J connectivity index is 1.61. The number of ether oxygens (including phenoxy) is 2. The van der Waals surface area contributed by atoms with Gasteiger partial charge < -0.3 is 19.2 Å². The number of benzene rings is 1. The molecule has 2 N–H and O–H groups in total. The fraction of sp³-hybridized carbons (Fsp3) is 0.500. The molecule has 1 saturated heterocycles. The van der Waals surface area contributed by atoms with Gasteiger partial charge >= 0.3 is 0 Å². The van der Waals surface area contributed by atoms with Gasteiger partial charge in [-0.05, 0) is 17.7 Å². The molecule has 2 heterocycles. The van der Waals surface area contributed by atoms with Crippen LogP contribution in [0.25, 0.3) is 0 Å². The van der Waals surface area contributed by atoms with Crippen molar-refractivity contribution in [2.24, 2.45) is 0 Å². The number of aromatic nitrogens is 2. The Bertz CT molecular complexity index is 641. The van der Waals surface area contributed by atoms with Gasteiger partial charge in [-0.3, -0.25) is 0 Å². The molecule has 3 rings (SSSR count). The van der Waals surface area contributed by atoms with Crippen molar-refractivity contribution in [1.82, 2.24) is 10.2 Å². The highest BCUT2D eigenvalue weighted by Gasteiger charge is 2.23. The molecular weight excluding hydrogens is 314 g/mol. The van der Waals surface area contributed by atoms with E-state index in [0.717, 1.165) is 54.6 Å². The summed E-state index contributed by atoms with van der Waals surface area (Å²) in [5, 5.41) is 11.3. The molecule has 0 aliphatic carbocycles. The molecular formula is C16H22N3O3S+. The average Bonchev–Trinajstić information content (AvgIpc) is 3.09. The van der Waals surface area contributed by atoms with Crippen LogP contribution < -0.4 is 14.8 Å². The molecule has 124 valence electrons. The third kappa shape index (κ3) is 3.97. The molecule has 0 amide bonds. The van der Waals surface area contributed by atoms with Crippen LogP contribution in [0, 0.1) is 0 Å². The van der Waals surface area contributed by atoms with E-state index in [1.807, 2.05) is 18.2 Å². The molecule has 23 heavy (non-hydrogen) atoms. The summed E-state index contributed by atoms with van der Waals surface area (Å²) in [6.45, 7) is 2.28. The van der Waals surface area contributed by atoms with E-state index in [4.69, 9.17) is 13.9 Å². The Hall–Kier alpha value is -1.73. The first-order chi connectivity index (χ1) is 11.3. The van der Waals surface area contributed by atoms with Crippen molar-refractivity contribution < 1.29 is 19.2 Å². The van der Waals surface area contributed by atoms with Gasteiger partial charge in [0.2, 0.25) is 5.89 Å². The highest BCUT2D eigenvalue weighted by atomic mass is 32.2. The Morgan fingerprint density at radius 3 is 2.70 bits per heavy atom. The molecule has 7 heteroatoms. The summed E-state index contributed by atoms with van der Waals surface area (Å²) < 4.78 is 16.4. The van der Waals surface area contributed by atoms with Gasteiger partial charge in [-0.1, -0.05) is 17.8 Å². The number of rotatable bonds is 6. The first kappa shape index (κ1) is 16.1. The second-order valence-electron chi connectivity index (χ2n) is 5.52. The van der Waals surface area contributed by atoms with Crippen LogP contribution in [0.5, 0.6) is 11.5 Å². The van der Waals surface area contributed by atoms with E-state index in [9.17, 15) is 0 Å². The highest BCUT2D eigenvalue weighted by Crippen LogP contribution is 2.31. The lowest BCUT2D eigenvalue weighted by Gasteiger charge is -2.16. The Labute approximate surface area is 140 Å². The Kier molecular flexibility index (Phi) is 5.40. The predicted octanol–water partition coefficient (Wildman–Crippen LogP) is 1.82. The summed E-state index contributed by atoms with van der Waals surface area (Å²) in [5.74, 6) is 3.42. The molecule has 0 bridgehead atoms. The quantitative estimate of drug-likeness (QED) is 0.811. The van der Waals surface area contributed by atoms with Gasteiger partial charge in [0, 0.05) is 24.5 Å². The second kappa shape index (κ2) is 7.70. The van der Waals surface area contributed by atoms with E-state index in [1.54, 1.807) is 26.0 Å². The van der Waals surface area contributed by atoms with Gasteiger partial charge in [-0.15, -0.1) is 10.2 Å². The van der Waals surface area contributed by atoms with Crippen LogP contribution in [0.15, 0.2) is 27.8 Å². The van der Waals surface area contributed by atoms with E-state index >= 15 is 0 Å². The summed E-state index contributed by atoms with van der Waals surface area (Å²) in [5.41, 5.74) is 1.12. The zero-order valence-electron chi connectivity index (χ0n) is 13.4. The number of nitrogens with zero attached hydrogens (tertiary/aromatic N) is 2. The van der Waals surface area contributed by atoms with E-state index in [0.29, 0.717) is 11.1 Å². The van der Waals surface area contributed by atoms with Crippen LogP contribution in [-0.2, 0) is 5.75 Å². The van der Waals surface area contributed by atoms with E-state index in [1.165, 1.54) is 0 Å². The third-order valence-corrected chi connectivity index (χ3v) is 4.91. The maximum Gasteiger partial charge on any atom is 0.276 e. The molecule has 0 atom stereocenters. The van der Waals surface area contributed by atoms with E-state index in [-0.39, 0.29) is 0 Å². The lowest BCUT2D eigenvalue weighted by Crippen LogP contribution is -2.86. The maximum atomic E-state index is 5.82. The lowest BCUT2D eigenvalue weighted by molar-refractivity contribution is -0.663. The van der Waals surface area contributed by atoms with Crippen molar-refractivity contribution in [1.29, 1.82) is 0 Å². The van der Waals surface area contributed by atoms with Crippen LogP contribution in [0.3, 0.4) is 0 Å². The molecule has 0 radical (unpaired) electrons. The second-order valence-corrected chi connectivity index (χ2v) is 6.45. The SMILES string of the molecule is COc1ccc(CSc2nnc(C3CC[NH2+]CC3)o2)cc1OC. The van der Waals surface area contributed by atoms with E-state index in [2.05, 4.69) is 15.5 Å². The lowest BCUT2D eigenvalue weighted by atomic mass is 9.98. The number of hydrogen-bond donors (Lipinski definition) is 1. The van der Waals surface area contributed by atoms with E-state index < -0.39 is 0 Å². The molecule has 1 aromatic carbocycles. The summed E-state index contributed by atoms with van der Waals surface area (Å²) in [6, 6.07) is 5.90. The fourth-order valence-corrected chi connectivity index (χ4v) is 3.45. The van der Waals surface area contributed by atoms with Crippen molar-refractivity contribution in [3.8, 4) is 11.5 Å². The van der Waals surface area contributed by atoms with Crippen LogP contribution in [0.2, 0.25) is 0 Å². The predicted molar refractivity (Wildman–Crippen MR) is 87.0 cm³/mol. The number of piperidine rings is 1. The zero-order valence-corrected chi connectivity index (χ0v) is 14.3. The molecule has 0 saturated carbocycles. The van der Waals surface area contributed by atoms with Gasteiger partial charge in [0.05, 0.1) is 27.3 Å². The minimum atomic E-state index is 0.419. The monoisotopic (exact) mass is 336 g/mol. The van der Waals surface area contributed by atoms with Gasteiger partial charge in [0.1, 0.15) is 0 Å². The Morgan fingerprint density at radius 1 is 1.17 bits per heavy atom. The van der Waals surface area contributed by atoms with Gasteiger partial charge in [0.15, 0.2) is 11.5 Å². The number of quaternary nitrogens is 1. The minimum Gasteiger partial charge on any atom is -0.493 e. The number of nitrogens with two attached hydrogens (primary N) is 1. The zero-order chi connectivity index (χ0) is 16.1. The van der Waals surface area contributed by atoms with Crippen LogP contribution >= 0.6 is 11.8 Å².